The molecule has 0 bridgehead atoms. The van der Waals surface area contributed by atoms with Gasteiger partial charge in [-0.1, -0.05) is 6.92 Å². The van der Waals surface area contributed by atoms with E-state index in [9.17, 15) is 4.79 Å². The normalized spacial score (nSPS) is 36.0. The third-order valence-electron chi connectivity index (χ3n) is 1.58. The first kappa shape index (κ1) is 6.59. The lowest BCUT2D eigenvalue weighted by Gasteiger charge is -2.23. The summed E-state index contributed by atoms with van der Waals surface area (Å²) < 4.78 is 4.92. The minimum absolute atomic E-state index is 0.0405. The third-order valence-corrected chi connectivity index (χ3v) is 1.58. The maximum Gasteiger partial charge on any atom is 0.306 e. The van der Waals surface area contributed by atoms with E-state index < -0.39 is 0 Å². The maximum atomic E-state index is 10.7. The van der Waals surface area contributed by atoms with Gasteiger partial charge in [0.05, 0.1) is 6.10 Å². The molecule has 0 saturated carbocycles. The summed E-state index contributed by atoms with van der Waals surface area (Å²) in [4.78, 5) is 10.7. The van der Waals surface area contributed by atoms with Crippen LogP contribution in [0.25, 0.3) is 0 Å². The van der Waals surface area contributed by atoms with Crippen molar-refractivity contribution in [2.24, 2.45) is 5.92 Å². The van der Waals surface area contributed by atoms with Gasteiger partial charge in [-0.3, -0.25) is 4.79 Å². The van der Waals surface area contributed by atoms with Gasteiger partial charge < -0.3 is 4.74 Å². The summed E-state index contributed by atoms with van der Waals surface area (Å²) in [5, 5.41) is 0. The highest BCUT2D eigenvalue weighted by molar-refractivity contribution is 5.70. The van der Waals surface area contributed by atoms with Crippen molar-refractivity contribution in [1.82, 2.24) is 0 Å². The average molecular weight is 128 g/mol. The van der Waals surface area contributed by atoms with Crippen molar-refractivity contribution in [2.75, 3.05) is 0 Å². The van der Waals surface area contributed by atoms with Crippen molar-refractivity contribution >= 4 is 5.97 Å². The van der Waals surface area contributed by atoms with E-state index in [1.165, 1.54) is 0 Å². The smallest absolute Gasteiger partial charge is 0.306 e. The average Bonchev–Trinajstić information content (AvgIpc) is 1.59. The van der Waals surface area contributed by atoms with Crippen LogP contribution >= 0.6 is 0 Å². The third kappa shape index (κ3) is 1.70. The number of hydrogen-bond donors (Lipinski definition) is 0. The van der Waals surface area contributed by atoms with Crippen LogP contribution < -0.4 is 0 Å². The summed E-state index contributed by atoms with van der Waals surface area (Å²) in [6.45, 7) is 4.02. The lowest BCUT2D eigenvalue weighted by atomic mass is 9.98. The molecule has 52 valence electrons. The van der Waals surface area contributed by atoms with Crippen molar-refractivity contribution in [3.63, 3.8) is 0 Å². The Labute approximate surface area is 55.2 Å². The minimum Gasteiger partial charge on any atom is -0.463 e. The van der Waals surface area contributed by atoms with Crippen molar-refractivity contribution in [3.05, 3.63) is 0 Å². The van der Waals surface area contributed by atoms with E-state index in [1.807, 2.05) is 6.92 Å². The monoisotopic (exact) mass is 128 g/mol. The molecule has 1 aliphatic heterocycles. The molecule has 0 spiro atoms. The standard InChI is InChI=1S/C7H12O2/c1-5-3-6(2)9-7(8)4-5/h5-6H,3-4H2,1-2H3/t5-,6-/m1/s1. The maximum absolute atomic E-state index is 10.7. The predicted octanol–water partition coefficient (Wildman–Crippen LogP) is 1.35. The molecule has 0 radical (unpaired) electrons. The SMILES string of the molecule is C[C@H]1CC(=O)O[C@H](C)C1. The van der Waals surface area contributed by atoms with Crippen LogP contribution in [0.2, 0.25) is 0 Å². The van der Waals surface area contributed by atoms with Crippen LogP contribution in [0.5, 0.6) is 0 Å². The highest BCUT2D eigenvalue weighted by atomic mass is 16.5. The van der Waals surface area contributed by atoms with Gasteiger partial charge in [-0.2, -0.15) is 0 Å². The van der Waals surface area contributed by atoms with Crippen LogP contribution in [-0.4, -0.2) is 12.1 Å². The van der Waals surface area contributed by atoms with Gasteiger partial charge in [-0.25, -0.2) is 0 Å². The van der Waals surface area contributed by atoms with E-state index >= 15 is 0 Å². The second-order valence-electron chi connectivity index (χ2n) is 2.85. The summed E-state index contributed by atoms with van der Waals surface area (Å²) in [6, 6.07) is 0. The molecule has 0 unspecified atom stereocenters. The molecular formula is C7H12O2. The Bertz CT molecular complexity index is 108. The lowest BCUT2D eigenvalue weighted by molar-refractivity contribution is -0.155. The molecule has 0 aromatic carbocycles. The van der Waals surface area contributed by atoms with Gasteiger partial charge in [0, 0.05) is 6.42 Å². The van der Waals surface area contributed by atoms with Crippen molar-refractivity contribution in [1.29, 1.82) is 0 Å². The van der Waals surface area contributed by atoms with Gasteiger partial charge in [-0.15, -0.1) is 0 Å². The molecular weight excluding hydrogens is 116 g/mol. The Morgan fingerprint density at radius 2 is 2.22 bits per heavy atom. The Balaban J connectivity index is 2.43. The summed E-state index contributed by atoms with van der Waals surface area (Å²) in [5.74, 6) is 0.475. The number of esters is 1. The van der Waals surface area contributed by atoms with Crippen molar-refractivity contribution < 1.29 is 9.53 Å². The topological polar surface area (TPSA) is 26.3 Å². The molecule has 2 atom stereocenters. The molecule has 1 saturated heterocycles. The van der Waals surface area contributed by atoms with Crippen molar-refractivity contribution in [2.45, 2.75) is 32.8 Å². The molecule has 2 nitrogen and oxygen atoms in total. The zero-order valence-corrected chi connectivity index (χ0v) is 5.89. The fourth-order valence-corrected chi connectivity index (χ4v) is 1.26. The van der Waals surface area contributed by atoms with E-state index in [0.717, 1.165) is 6.42 Å². The molecule has 1 aliphatic rings. The summed E-state index contributed by atoms with van der Waals surface area (Å²) in [5.41, 5.74) is 0. The van der Waals surface area contributed by atoms with Gasteiger partial charge in [0.25, 0.3) is 0 Å². The molecule has 0 N–H and O–H groups in total. The van der Waals surface area contributed by atoms with Crippen LogP contribution in [0, 0.1) is 5.92 Å². The van der Waals surface area contributed by atoms with Crippen molar-refractivity contribution in [3.8, 4) is 0 Å². The molecule has 1 heterocycles. The Kier molecular flexibility index (Phi) is 1.74. The predicted molar refractivity (Wildman–Crippen MR) is 34.0 cm³/mol. The van der Waals surface area contributed by atoms with Crippen LogP contribution in [0.1, 0.15) is 26.7 Å². The molecule has 1 rings (SSSR count). The van der Waals surface area contributed by atoms with E-state index in [4.69, 9.17) is 4.74 Å². The Morgan fingerprint density at radius 1 is 1.56 bits per heavy atom. The number of ether oxygens (including phenoxy) is 1. The first-order valence-corrected chi connectivity index (χ1v) is 3.38. The molecule has 0 amide bonds. The highest BCUT2D eigenvalue weighted by Crippen LogP contribution is 2.19. The second-order valence-corrected chi connectivity index (χ2v) is 2.85. The molecule has 0 aromatic heterocycles. The first-order chi connectivity index (χ1) is 4.18. The largest absolute Gasteiger partial charge is 0.463 e. The lowest BCUT2D eigenvalue weighted by Crippen LogP contribution is -2.25. The van der Waals surface area contributed by atoms with Crippen LogP contribution in [0.3, 0.4) is 0 Å². The number of carbonyl (C=O) groups is 1. The number of rotatable bonds is 0. The molecule has 9 heavy (non-hydrogen) atoms. The van der Waals surface area contributed by atoms with Gasteiger partial charge in [0.2, 0.25) is 0 Å². The fourth-order valence-electron chi connectivity index (χ4n) is 1.26. The molecule has 0 aromatic rings. The fraction of sp³-hybridized carbons (Fsp3) is 0.857. The Morgan fingerprint density at radius 3 is 2.67 bits per heavy atom. The first-order valence-electron chi connectivity index (χ1n) is 3.38. The summed E-state index contributed by atoms with van der Waals surface area (Å²) in [6.07, 6.45) is 1.76. The van der Waals surface area contributed by atoms with E-state index in [-0.39, 0.29) is 12.1 Å². The van der Waals surface area contributed by atoms with E-state index in [0.29, 0.717) is 12.3 Å². The van der Waals surface area contributed by atoms with Crippen LogP contribution in [0.15, 0.2) is 0 Å². The Hall–Kier alpha value is -0.530. The molecule has 0 aliphatic carbocycles. The zero-order chi connectivity index (χ0) is 6.85. The molecule has 1 fully saturated rings. The molecule has 2 heteroatoms. The van der Waals surface area contributed by atoms with Crippen LogP contribution in [-0.2, 0) is 9.53 Å². The van der Waals surface area contributed by atoms with Crippen LogP contribution in [0.4, 0.5) is 0 Å². The zero-order valence-electron chi connectivity index (χ0n) is 5.89. The minimum atomic E-state index is -0.0405. The van der Waals surface area contributed by atoms with Gasteiger partial charge in [0.15, 0.2) is 0 Å². The quantitative estimate of drug-likeness (QED) is 0.460. The number of cyclic esters (lactones) is 1. The number of hydrogen-bond acceptors (Lipinski definition) is 2. The van der Waals surface area contributed by atoms with Gasteiger partial charge in [0.1, 0.15) is 0 Å². The highest BCUT2D eigenvalue weighted by Gasteiger charge is 2.21. The summed E-state index contributed by atoms with van der Waals surface area (Å²) >= 11 is 0. The van der Waals surface area contributed by atoms with Gasteiger partial charge in [-0.05, 0) is 19.3 Å². The number of carbonyl (C=O) groups excluding carboxylic acids is 1. The van der Waals surface area contributed by atoms with E-state index in [2.05, 4.69) is 6.92 Å². The van der Waals surface area contributed by atoms with Gasteiger partial charge >= 0.3 is 5.97 Å². The van der Waals surface area contributed by atoms with E-state index in [1.54, 1.807) is 0 Å². The second kappa shape index (κ2) is 2.38. The summed E-state index contributed by atoms with van der Waals surface area (Å²) in [7, 11) is 0.